The van der Waals surface area contributed by atoms with Gasteiger partial charge in [-0.15, -0.1) is 0 Å². The van der Waals surface area contributed by atoms with Gasteiger partial charge in [-0.3, -0.25) is 4.90 Å². The highest BCUT2D eigenvalue weighted by atomic mass is 35.5. The highest BCUT2D eigenvalue weighted by Crippen LogP contribution is 2.46. The average Bonchev–Trinajstić information content (AvgIpc) is 3.38. The lowest BCUT2D eigenvalue weighted by atomic mass is 9.72. The van der Waals surface area contributed by atoms with Crippen molar-refractivity contribution in [2.75, 3.05) is 13.1 Å². The number of hydrogen-bond acceptors (Lipinski definition) is 5. The molecule has 1 aromatic heterocycles. The van der Waals surface area contributed by atoms with E-state index >= 15 is 4.39 Å². The third-order valence-corrected chi connectivity index (χ3v) is 7.18. The molecule has 1 saturated heterocycles. The van der Waals surface area contributed by atoms with Gasteiger partial charge in [0.15, 0.2) is 0 Å². The van der Waals surface area contributed by atoms with E-state index in [0.717, 1.165) is 16.7 Å². The van der Waals surface area contributed by atoms with E-state index < -0.39 is 17.4 Å². The normalized spacial score (nSPS) is 16.1. The predicted octanol–water partition coefficient (Wildman–Crippen LogP) is 6.95. The molecular weight excluding hydrogens is 494 g/mol. The second-order valence-corrected chi connectivity index (χ2v) is 10.4. The maximum atomic E-state index is 15.5. The van der Waals surface area contributed by atoms with Gasteiger partial charge in [0.05, 0.1) is 17.7 Å². The number of nitriles is 1. The Bertz CT molecular complexity index is 1420. The molecule has 0 N–H and O–H groups in total. The standard InChI is InChI=1S/C29H25ClF2N4O/c1-29(2,32)26(22-10-18(14-33)11-25(31)13-22)23-15-36(16-23)27(19-6-8-24(30)9-7-19)20-4-3-5-21(12-20)28-34-17-37-35-28/h3-13,17,23,26-27H,15-16H2,1-2H3/t26-,27?/m1/s1. The Hall–Kier alpha value is -3.60. The number of hydrogen-bond donors (Lipinski definition) is 0. The van der Waals surface area contributed by atoms with Gasteiger partial charge in [0, 0.05) is 29.6 Å². The zero-order valence-corrected chi connectivity index (χ0v) is 21.2. The minimum atomic E-state index is -1.61. The van der Waals surface area contributed by atoms with E-state index in [4.69, 9.17) is 16.1 Å². The maximum absolute atomic E-state index is 15.5. The Morgan fingerprint density at radius 2 is 1.81 bits per heavy atom. The van der Waals surface area contributed by atoms with Gasteiger partial charge in [-0.1, -0.05) is 47.1 Å². The SMILES string of the molecule is CC(C)(F)[C@H](c1cc(F)cc(C#N)c1)C1CN(C(c2ccc(Cl)cc2)c2cccc(-c3ncon3)c2)C1. The van der Waals surface area contributed by atoms with Crippen LogP contribution in [0.3, 0.4) is 0 Å². The fourth-order valence-electron chi connectivity index (χ4n) is 5.46. The van der Waals surface area contributed by atoms with E-state index in [1.165, 1.54) is 32.4 Å². The predicted molar refractivity (Wildman–Crippen MR) is 137 cm³/mol. The zero-order chi connectivity index (χ0) is 26.2. The molecule has 1 unspecified atom stereocenters. The van der Waals surface area contributed by atoms with Crippen molar-refractivity contribution in [3.05, 3.63) is 106 Å². The second-order valence-electron chi connectivity index (χ2n) is 9.98. The van der Waals surface area contributed by atoms with Gasteiger partial charge in [-0.05, 0) is 72.9 Å². The van der Waals surface area contributed by atoms with Gasteiger partial charge in [-0.25, -0.2) is 8.78 Å². The van der Waals surface area contributed by atoms with Crippen molar-refractivity contribution in [3.8, 4) is 17.5 Å². The maximum Gasteiger partial charge on any atom is 0.214 e. The molecule has 0 radical (unpaired) electrons. The van der Waals surface area contributed by atoms with Gasteiger partial charge < -0.3 is 4.52 Å². The summed E-state index contributed by atoms with van der Waals surface area (Å²) < 4.78 is 34.7. The van der Waals surface area contributed by atoms with Crippen LogP contribution in [0.5, 0.6) is 0 Å². The molecule has 1 aliphatic heterocycles. The molecule has 0 amide bonds. The van der Waals surface area contributed by atoms with E-state index in [-0.39, 0.29) is 17.5 Å². The largest absolute Gasteiger partial charge is 0.342 e. The Morgan fingerprint density at radius 3 is 2.46 bits per heavy atom. The molecule has 0 spiro atoms. The Kier molecular flexibility index (Phi) is 6.80. The van der Waals surface area contributed by atoms with E-state index in [9.17, 15) is 9.65 Å². The van der Waals surface area contributed by atoms with Crippen molar-refractivity contribution in [1.29, 1.82) is 5.26 Å². The summed E-state index contributed by atoms with van der Waals surface area (Å²) in [5, 5.41) is 13.9. The lowest BCUT2D eigenvalue weighted by Gasteiger charge is -2.50. The number of rotatable bonds is 7. The van der Waals surface area contributed by atoms with Crippen LogP contribution in [-0.2, 0) is 0 Å². The van der Waals surface area contributed by atoms with Crippen molar-refractivity contribution in [2.24, 2.45) is 5.92 Å². The Labute approximate surface area is 219 Å². The third-order valence-electron chi connectivity index (χ3n) is 6.93. The molecule has 0 bridgehead atoms. The van der Waals surface area contributed by atoms with Crippen molar-refractivity contribution >= 4 is 11.6 Å². The van der Waals surface area contributed by atoms with Crippen molar-refractivity contribution in [1.82, 2.24) is 15.0 Å². The summed E-state index contributed by atoms with van der Waals surface area (Å²) in [6, 6.07) is 21.6. The minimum Gasteiger partial charge on any atom is -0.342 e. The zero-order valence-electron chi connectivity index (χ0n) is 20.4. The molecule has 8 heteroatoms. The molecule has 0 saturated carbocycles. The first-order valence-electron chi connectivity index (χ1n) is 12.0. The van der Waals surface area contributed by atoms with Gasteiger partial charge >= 0.3 is 0 Å². The highest BCUT2D eigenvalue weighted by Gasteiger charge is 2.45. The summed E-state index contributed by atoms with van der Waals surface area (Å²) in [7, 11) is 0. The van der Waals surface area contributed by atoms with Gasteiger partial charge in [-0.2, -0.15) is 10.2 Å². The first-order valence-corrected chi connectivity index (χ1v) is 12.4. The van der Waals surface area contributed by atoms with Crippen molar-refractivity contribution in [2.45, 2.75) is 31.5 Å². The summed E-state index contributed by atoms with van der Waals surface area (Å²) in [5.41, 5.74) is 1.99. The quantitative estimate of drug-likeness (QED) is 0.265. The Balaban J connectivity index is 1.48. The van der Waals surface area contributed by atoms with Crippen LogP contribution in [0.4, 0.5) is 8.78 Å². The van der Waals surface area contributed by atoms with E-state index in [2.05, 4.69) is 15.0 Å². The fraction of sp³-hybridized carbons (Fsp3) is 0.276. The van der Waals surface area contributed by atoms with E-state index in [0.29, 0.717) is 29.5 Å². The monoisotopic (exact) mass is 518 g/mol. The summed E-state index contributed by atoms with van der Waals surface area (Å²) in [6.07, 6.45) is 1.29. The minimum absolute atomic E-state index is 0.0662. The smallest absolute Gasteiger partial charge is 0.214 e. The van der Waals surface area contributed by atoms with Crippen LogP contribution in [-0.4, -0.2) is 33.8 Å². The molecule has 4 aromatic rings. The first-order chi connectivity index (χ1) is 17.7. The van der Waals surface area contributed by atoms with E-state index in [1.54, 1.807) is 6.07 Å². The summed E-state index contributed by atoms with van der Waals surface area (Å²) >= 11 is 6.17. The molecule has 37 heavy (non-hydrogen) atoms. The molecule has 2 heterocycles. The van der Waals surface area contributed by atoms with Crippen LogP contribution in [0.25, 0.3) is 11.4 Å². The number of nitrogens with zero attached hydrogens (tertiary/aromatic N) is 4. The molecule has 3 aromatic carbocycles. The number of likely N-dealkylation sites (tertiary alicyclic amines) is 1. The molecule has 1 fully saturated rings. The molecule has 2 atom stereocenters. The molecule has 0 aliphatic carbocycles. The number of alkyl halides is 1. The molecule has 1 aliphatic rings. The number of benzene rings is 3. The fourth-order valence-corrected chi connectivity index (χ4v) is 5.59. The first kappa shape index (κ1) is 25.1. The van der Waals surface area contributed by atoms with Crippen molar-refractivity contribution in [3.63, 3.8) is 0 Å². The van der Waals surface area contributed by atoms with E-state index in [1.807, 2.05) is 54.6 Å². The topological polar surface area (TPSA) is 66.0 Å². The van der Waals surface area contributed by atoms with Crippen LogP contribution >= 0.6 is 11.6 Å². The van der Waals surface area contributed by atoms with Gasteiger partial charge in [0.1, 0.15) is 11.5 Å². The van der Waals surface area contributed by atoms with Crippen LogP contribution in [0.15, 0.2) is 77.6 Å². The lowest BCUT2D eigenvalue weighted by molar-refractivity contribution is 0.00813. The Morgan fingerprint density at radius 1 is 1.05 bits per heavy atom. The molecule has 188 valence electrons. The van der Waals surface area contributed by atoms with Crippen LogP contribution in [0.1, 0.15) is 48.1 Å². The number of aromatic nitrogens is 2. The lowest BCUT2D eigenvalue weighted by Crippen LogP contribution is -2.53. The summed E-state index contributed by atoms with van der Waals surface area (Å²) in [5.74, 6) is -0.666. The summed E-state index contributed by atoms with van der Waals surface area (Å²) in [6.45, 7) is 4.22. The van der Waals surface area contributed by atoms with Gasteiger partial charge in [0.25, 0.3) is 0 Å². The third kappa shape index (κ3) is 5.27. The van der Waals surface area contributed by atoms with Crippen LogP contribution < -0.4 is 0 Å². The van der Waals surface area contributed by atoms with Crippen LogP contribution in [0, 0.1) is 23.1 Å². The number of halogens is 3. The molecule has 5 rings (SSSR count). The van der Waals surface area contributed by atoms with Crippen molar-refractivity contribution < 1.29 is 13.3 Å². The van der Waals surface area contributed by atoms with Crippen LogP contribution in [0.2, 0.25) is 5.02 Å². The molecular formula is C29H25ClF2N4O. The average molecular weight is 519 g/mol. The second kappa shape index (κ2) is 10.0. The molecule has 5 nitrogen and oxygen atoms in total. The highest BCUT2D eigenvalue weighted by molar-refractivity contribution is 6.30. The summed E-state index contributed by atoms with van der Waals surface area (Å²) in [4.78, 5) is 6.43. The van der Waals surface area contributed by atoms with Gasteiger partial charge in [0.2, 0.25) is 12.2 Å².